The number of hydrogen-bond acceptors (Lipinski definition) is 3. The SMILES string of the molecule is Cc1c(CN=C(NN)Nc2ccccc2)cnn1C. The van der Waals surface area contributed by atoms with Crippen LogP contribution in [0.25, 0.3) is 0 Å². The first kappa shape index (κ1) is 13.1. The van der Waals surface area contributed by atoms with Gasteiger partial charge in [-0.1, -0.05) is 18.2 Å². The smallest absolute Gasteiger partial charge is 0.210 e. The van der Waals surface area contributed by atoms with Gasteiger partial charge in [0.05, 0.1) is 12.7 Å². The van der Waals surface area contributed by atoms with Gasteiger partial charge in [0, 0.05) is 24.0 Å². The van der Waals surface area contributed by atoms with E-state index in [2.05, 4.69) is 20.8 Å². The summed E-state index contributed by atoms with van der Waals surface area (Å²) in [5, 5.41) is 7.29. The lowest BCUT2D eigenvalue weighted by atomic mass is 10.3. The van der Waals surface area contributed by atoms with Gasteiger partial charge in [0.1, 0.15) is 0 Å². The minimum absolute atomic E-state index is 0.523. The van der Waals surface area contributed by atoms with Crippen molar-refractivity contribution in [2.75, 3.05) is 5.32 Å². The molecule has 0 unspecified atom stereocenters. The average Bonchev–Trinajstić information content (AvgIpc) is 2.76. The van der Waals surface area contributed by atoms with Gasteiger partial charge in [-0.15, -0.1) is 0 Å². The Morgan fingerprint density at radius 2 is 2.11 bits per heavy atom. The lowest BCUT2D eigenvalue weighted by Gasteiger charge is -2.08. The molecular formula is C13H18N6. The Hall–Kier alpha value is -2.34. The summed E-state index contributed by atoms with van der Waals surface area (Å²) in [6, 6.07) is 9.74. The van der Waals surface area contributed by atoms with Crippen LogP contribution in [-0.4, -0.2) is 15.7 Å². The second kappa shape index (κ2) is 6.01. The van der Waals surface area contributed by atoms with Gasteiger partial charge in [-0.05, 0) is 19.1 Å². The van der Waals surface area contributed by atoms with Crippen LogP contribution in [0.3, 0.4) is 0 Å². The first-order valence-electron chi connectivity index (χ1n) is 6.01. The summed E-state index contributed by atoms with van der Waals surface area (Å²) in [5.41, 5.74) is 5.66. The monoisotopic (exact) mass is 258 g/mol. The Labute approximate surface area is 112 Å². The molecule has 0 atom stereocenters. The number of nitrogens with one attached hydrogen (secondary N) is 2. The molecule has 0 bridgehead atoms. The molecule has 0 aliphatic rings. The number of guanidine groups is 1. The molecule has 19 heavy (non-hydrogen) atoms. The molecule has 0 fully saturated rings. The van der Waals surface area contributed by atoms with E-state index < -0.39 is 0 Å². The van der Waals surface area contributed by atoms with E-state index in [1.807, 2.05) is 55.2 Å². The fourth-order valence-electron chi connectivity index (χ4n) is 1.64. The maximum absolute atomic E-state index is 5.46. The topological polar surface area (TPSA) is 80.3 Å². The number of hydrazine groups is 1. The van der Waals surface area contributed by atoms with Crippen molar-refractivity contribution < 1.29 is 0 Å². The van der Waals surface area contributed by atoms with E-state index in [0.717, 1.165) is 16.9 Å². The van der Waals surface area contributed by atoms with Crippen LogP contribution in [0.4, 0.5) is 5.69 Å². The van der Waals surface area contributed by atoms with Crippen LogP contribution in [0.5, 0.6) is 0 Å². The molecule has 1 aromatic heterocycles. The summed E-state index contributed by atoms with van der Waals surface area (Å²) in [4.78, 5) is 4.40. The number of anilines is 1. The number of rotatable bonds is 3. The Balaban J connectivity index is 2.05. The van der Waals surface area contributed by atoms with Gasteiger partial charge in [-0.3, -0.25) is 10.1 Å². The largest absolute Gasteiger partial charge is 0.325 e. The van der Waals surface area contributed by atoms with Crippen LogP contribution in [-0.2, 0) is 13.6 Å². The van der Waals surface area contributed by atoms with Crippen molar-refractivity contribution in [1.82, 2.24) is 15.2 Å². The van der Waals surface area contributed by atoms with Crippen molar-refractivity contribution in [3.8, 4) is 0 Å². The third kappa shape index (κ3) is 3.32. The van der Waals surface area contributed by atoms with E-state index in [4.69, 9.17) is 5.84 Å². The zero-order valence-corrected chi connectivity index (χ0v) is 11.1. The van der Waals surface area contributed by atoms with Crippen LogP contribution in [0.15, 0.2) is 41.5 Å². The number of hydrogen-bond donors (Lipinski definition) is 3. The zero-order valence-electron chi connectivity index (χ0n) is 11.1. The highest BCUT2D eigenvalue weighted by Gasteiger charge is 2.03. The normalized spacial score (nSPS) is 11.4. The second-order valence-electron chi connectivity index (χ2n) is 4.18. The van der Waals surface area contributed by atoms with Crippen LogP contribution >= 0.6 is 0 Å². The third-order valence-corrected chi connectivity index (χ3v) is 2.92. The minimum atomic E-state index is 0.523. The number of para-hydroxylation sites is 1. The van der Waals surface area contributed by atoms with E-state index in [9.17, 15) is 0 Å². The molecule has 2 aromatic rings. The molecule has 4 N–H and O–H groups in total. The average molecular weight is 258 g/mol. The number of nitrogens with two attached hydrogens (primary N) is 1. The van der Waals surface area contributed by atoms with Gasteiger partial charge in [0.15, 0.2) is 0 Å². The highest BCUT2D eigenvalue weighted by atomic mass is 15.3. The fourth-order valence-corrected chi connectivity index (χ4v) is 1.64. The Kier molecular flexibility index (Phi) is 4.15. The van der Waals surface area contributed by atoms with Gasteiger partial charge >= 0.3 is 0 Å². The molecule has 6 nitrogen and oxygen atoms in total. The highest BCUT2D eigenvalue weighted by Crippen LogP contribution is 2.08. The van der Waals surface area contributed by atoms with E-state index >= 15 is 0 Å². The Bertz CT molecular complexity index is 558. The maximum Gasteiger partial charge on any atom is 0.210 e. The van der Waals surface area contributed by atoms with Gasteiger partial charge in [0.2, 0.25) is 5.96 Å². The Morgan fingerprint density at radius 3 is 2.68 bits per heavy atom. The van der Waals surface area contributed by atoms with Gasteiger partial charge in [-0.2, -0.15) is 5.10 Å². The van der Waals surface area contributed by atoms with E-state index in [1.165, 1.54) is 0 Å². The number of aryl methyl sites for hydroxylation is 1. The lowest BCUT2D eigenvalue weighted by Crippen LogP contribution is -2.36. The molecule has 0 aliphatic heterocycles. The first-order valence-corrected chi connectivity index (χ1v) is 6.01. The molecule has 0 radical (unpaired) electrons. The standard InChI is InChI=1S/C13H18N6/c1-10-11(9-16-19(10)2)8-15-13(18-14)17-12-6-4-3-5-7-12/h3-7,9H,8,14H2,1-2H3,(H2,15,17,18). The van der Waals surface area contributed by atoms with Crippen LogP contribution in [0, 0.1) is 6.92 Å². The third-order valence-electron chi connectivity index (χ3n) is 2.92. The van der Waals surface area contributed by atoms with Crippen molar-refractivity contribution in [3.63, 3.8) is 0 Å². The summed E-state index contributed by atoms with van der Waals surface area (Å²) in [6.07, 6.45) is 1.81. The fraction of sp³-hybridized carbons (Fsp3) is 0.231. The first-order chi connectivity index (χ1) is 9.20. The van der Waals surface area contributed by atoms with E-state index in [1.54, 1.807) is 0 Å². The van der Waals surface area contributed by atoms with Crippen molar-refractivity contribution in [2.45, 2.75) is 13.5 Å². The van der Waals surface area contributed by atoms with Gasteiger partial charge in [0.25, 0.3) is 0 Å². The second-order valence-corrected chi connectivity index (χ2v) is 4.18. The number of aliphatic imine (C=N–C) groups is 1. The molecule has 100 valence electrons. The maximum atomic E-state index is 5.46. The van der Waals surface area contributed by atoms with Crippen LogP contribution in [0.1, 0.15) is 11.3 Å². The molecule has 2 rings (SSSR count). The predicted molar refractivity (Wildman–Crippen MR) is 76.5 cm³/mol. The van der Waals surface area contributed by atoms with Crippen LogP contribution < -0.4 is 16.6 Å². The summed E-state index contributed by atoms with van der Waals surface area (Å²) in [5.74, 6) is 5.99. The molecule has 0 saturated carbocycles. The molecule has 0 spiro atoms. The highest BCUT2D eigenvalue weighted by molar-refractivity contribution is 5.93. The summed E-state index contributed by atoms with van der Waals surface area (Å²) in [7, 11) is 1.91. The molecule has 0 amide bonds. The molecule has 1 heterocycles. The minimum Gasteiger partial charge on any atom is -0.325 e. The molecule has 0 saturated heterocycles. The quantitative estimate of drug-likeness (QED) is 0.334. The van der Waals surface area contributed by atoms with Crippen molar-refractivity contribution >= 4 is 11.6 Å². The molecule has 1 aromatic carbocycles. The number of nitrogens with zero attached hydrogens (tertiary/aromatic N) is 3. The van der Waals surface area contributed by atoms with Crippen molar-refractivity contribution in [1.29, 1.82) is 0 Å². The lowest BCUT2D eigenvalue weighted by molar-refractivity contribution is 0.737. The number of aromatic nitrogens is 2. The number of benzene rings is 1. The zero-order chi connectivity index (χ0) is 13.7. The summed E-state index contributed by atoms with van der Waals surface area (Å²) < 4.78 is 1.82. The summed E-state index contributed by atoms with van der Waals surface area (Å²) in [6.45, 7) is 2.54. The molecule has 0 aliphatic carbocycles. The molecular weight excluding hydrogens is 240 g/mol. The van der Waals surface area contributed by atoms with Crippen LogP contribution in [0.2, 0.25) is 0 Å². The van der Waals surface area contributed by atoms with E-state index in [0.29, 0.717) is 12.5 Å². The Morgan fingerprint density at radius 1 is 1.37 bits per heavy atom. The van der Waals surface area contributed by atoms with Gasteiger partial charge in [-0.25, -0.2) is 10.8 Å². The molecule has 6 heteroatoms. The van der Waals surface area contributed by atoms with Crippen molar-refractivity contribution in [2.24, 2.45) is 17.9 Å². The van der Waals surface area contributed by atoms with Gasteiger partial charge < -0.3 is 5.32 Å². The predicted octanol–water partition coefficient (Wildman–Crippen LogP) is 1.16. The summed E-state index contributed by atoms with van der Waals surface area (Å²) >= 11 is 0. The van der Waals surface area contributed by atoms with Crippen molar-refractivity contribution in [3.05, 3.63) is 47.8 Å². The van der Waals surface area contributed by atoms with E-state index in [-0.39, 0.29) is 0 Å².